The minimum Gasteiger partial charge on any atom is -0.491 e. The molecule has 1 aromatic rings. The lowest BCUT2D eigenvalue weighted by molar-refractivity contribution is -0.137. The molecule has 1 aliphatic rings. The van der Waals surface area contributed by atoms with E-state index in [1.165, 1.54) is 0 Å². The molecule has 1 heterocycles. The largest absolute Gasteiger partial charge is 0.491 e. The summed E-state index contributed by atoms with van der Waals surface area (Å²) in [7, 11) is 0. The molecule has 0 aromatic heterocycles. The molecule has 1 aliphatic heterocycles. The van der Waals surface area contributed by atoms with E-state index in [-0.39, 0.29) is 6.42 Å². The highest BCUT2D eigenvalue weighted by atomic mass is 35.5. The van der Waals surface area contributed by atoms with E-state index in [2.05, 4.69) is 0 Å². The van der Waals surface area contributed by atoms with Crippen LogP contribution in [0.5, 0.6) is 5.75 Å². The van der Waals surface area contributed by atoms with Crippen molar-refractivity contribution in [2.24, 2.45) is 5.73 Å². The number of aliphatic carboxylic acids is 1. The zero-order valence-electron chi connectivity index (χ0n) is 8.57. The van der Waals surface area contributed by atoms with E-state index in [1.54, 1.807) is 6.07 Å². The summed E-state index contributed by atoms with van der Waals surface area (Å²) < 4.78 is 5.36. The molecule has 3 N–H and O–H groups in total. The molecule has 0 spiro atoms. The monoisotopic (exact) mass is 241 g/mol. The van der Waals surface area contributed by atoms with E-state index in [1.807, 2.05) is 6.07 Å². The number of benzene rings is 1. The molecule has 86 valence electrons. The smallest absolute Gasteiger partial charge is 0.305 e. The molecule has 0 aliphatic carbocycles. The van der Waals surface area contributed by atoms with Gasteiger partial charge < -0.3 is 15.6 Å². The van der Waals surface area contributed by atoms with Crippen LogP contribution < -0.4 is 10.5 Å². The Balaban J connectivity index is 2.29. The van der Waals surface area contributed by atoms with Crippen molar-refractivity contribution in [3.63, 3.8) is 0 Å². The summed E-state index contributed by atoms with van der Waals surface area (Å²) in [6.07, 6.45) is 0.693. The molecule has 0 saturated carbocycles. The average Bonchev–Trinajstić information content (AvgIpc) is 2.64. The zero-order valence-corrected chi connectivity index (χ0v) is 9.33. The summed E-state index contributed by atoms with van der Waals surface area (Å²) in [4.78, 5) is 10.6. The quantitative estimate of drug-likeness (QED) is 0.846. The standard InChI is InChI=1S/C11H12ClNO3/c12-8-4-7(9(13)5-10(14)15)3-6-1-2-16-11(6)8/h3-4,9H,1-2,5,13H2,(H,14,15). The second-order valence-electron chi connectivity index (χ2n) is 3.79. The van der Waals surface area contributed by atoms with Gasteiger partial charge in [-0.1, -0.05) is 17.7 Å². The van der Waals surface area contributed by atoms with E-state index < -0.39 is 12.0 Å². The molecular weight excluding hydrogens is 230 g/mol. The van der Waals surface area contributed by atoms with Crippen molar-refractivity contribution in [3.05, 3.63) is 28.3 Å². The van der Waals surface area contributed by atoms with Crippen molar-refractivity contribution in [2.45, 2.75) is 18.9 Å². The summed E-state index contributed by atoms with van der Waals surface area (Å²) in [5.41, 5.74) is 7.53. The molecule has 1 unspecified atom stereocenters. The first kappa shape index (κ1) is 11.2. The molecule has 1 atom stereocenters. The highest BCUT2D eigenvalue weighted by Crippen LogP contribution is 2.36. The maximum atomic E-state index is 10.6. The zero-order chi connectivity index (χ0) is 11.7. The normalized spacial score (nSPS) is 15.4. The van der Waals surface area contributed by atoms with Gasteiger partial charge in [-0.15, -0.1) is 0 Å². The lowest BCUT2D eigenvalue weighted by Gasteiger charge is -2.12. The first-order valence-electron chi connectivity index (χ1n) is 5.00. The number of ether oxygens (including phenoxy) is 1. The third kappa shape index (κ3) is 2.13. The first-order chi connectivity index (χ1) is 7.58. The molecule has 0 radical (unpaired) electrons. The van der Waals surface area contributed by atoms with Gasteiger partial charge in [-0.2, -0.15) is 0 Å². The minimum absolute atomic E-state index is 0.101. The van der Waals surface area contributed by atoms with Crippen molar-refractivity contribution < 1.29 is 14.6 Å². The Bertz CT molecular complexity index is 433. The number of carboxylic acids is 1. The SMILES string of the molecule is NC(CC(=O)O)c1cc(Cl)c2c(c1)CCO2. The van der Waals surface area contributed by atoms with Gasteiger partial charge >= 0.3 is 5.97 Å². The predicted octanol–water partition coefficient (Wildman–Crippen LogP) is 1.75. The summed E-state index contributed by atoms with van der Waals surface area (Å²) in [6.45, 7) is 0.618. The fourth-order valence-electron chi connectivity index (χ4n) is 1.80. The summed E-state index contributed by atoms with van der Waals surface area (Å²) >= 11 is 6.03. The Kier molecular flexibility index (Phi) is 3.03. The van der Waals surface area contributed by atoms with Crippen LogP contribution in [-0.2, 0) is 11.2 Å². The van der Waals surface area contributed by atoms with Crippen molar-refractivity contribution >= 4 is 17.6 Å². The summed E-state index contributed by atoms with van der Waals surface area (Å²) in [5, 5.41) is 9.18. The minimum atomic E-state index is -0.916. The molecule has 4 nitrogen and oxygen atoms in total. The van der Waals surface area contributed by atoms with Crippen LogP contribution in [0.15, 0.2) is 12.1 Å². The van der Waals surface area contributed by atoms with Crippen molar-refractivity contribution in [1.29, 1.82) is 0 Å². The van der Waals surface area contributed by atoms with Gasteiger partial charge in [0.05, 0.1) is 18.1 Å². The highest BCUT2D eigenvalue weighted by Gasteiger charge is 2.19. The molecule has 0 bridgehead atoms. The van der Waals surface area contributed by atoms with Crippen LogP contribution in [0.2, 0.25) is 5.02 Å². The van der Waals surface area contributed by atoms with E-state index >= 15 is 0 Å². The Morgan fingerprint density at radius 3 is 3.06 bits per heavy atom. The van der Waals surface area contributed by atoms with Crippen LogP contribution >= 0.6 is 11.6 Å². The van der Waals surface area contributed by atoms with E-state index in [9.17, 15) is 4.79 Å². The fraction of sp³-hybridized carbons (Fsp3) is 0.364. The van der Waals surface area contributed by atoms with Crippen molar-refractivity contribution in [3.8, 4) is 5.75 Å². The molecule has 0 amide bonds. The lowest BCUT2D eigenvalue weighted by atomic mass is 10.0. The number of halogens is 1. The maximum Gasteiger partial charge on any atom is 0.305 e. The van der Waals surface area contributed by atoms with E-state index in [0.717, 1.165) is 17.5 Å². The molecular formula is C11H12ClNO3. The number of hydrogen-bond donors (Lipinski definition) is 2. The van der Waals surface area contributed by atoms with Gasteiger partial charge in [0.1, 0.15) is 5.75 Å². The van der Waals surface area contributed by atoms with Gasteiger partial charge in [0.2, 0.25) is 0 Å². The van der Waals surface area contributed by atoms with Gasteiger partial charge in [-0.05, 0) is 17.2 Å². The van der Waals surface area contributed by atoms with Gasteiger partial charge in [0, 0.05) is 12.5 Å². The van der Waals surface area contributed by atoms with Crippen LogP contribution in [0.4, 0.5) is 0 Å². The summed E-state index contributed by atoms with van der Waals surface area (Å²) in [5.74, 6) is -0.215. The third-order valence-corrected chi connectivity index (χ3v) is 2.86. The lowest BCUT2D eigenvalue weighted by Crippen LogP contribution is -2.15. The molecule has 16 heavy (non-hydrogen) atoms. The second kappa shape index (κ2) is 4.31. The number of rotatable bonds is 3. The highest BCUT2D eigenvalue weighted by molar-refractivity contribution is 6.32. The Morgan fingerprint density at radius 2 is 2.38 bits per heavy atom. The van der Waals surface area contributed by atoms with Crippen molar-refractivity contribution in [2.75, 3.05) is 6.61 Å². The van der Waals surface area contributed by atoms with Gasteiger partial charge in [0.25, 0.3) is 0 Å². The number of carboxylic acid groups (broad SMARTS) is 1. The maximum absolute atomic E-state index is 10.6. The molecule has 5 heteroatoms. The van der Waals surface area contributed by atoms with E-state index in [0.29, 0.717) is 17.4 Å². The number of hydrogen-bond acceptors (Lipinski definition) is 3. The van der Waals surface area contributed by atoms with Gasteiger partial charge in [-0.25, -0.2) is 0 Å². The van der Waals surface area contributed by atoms with Gasteiger partial charge in [-0.3, -0.25) is 4.79 Å². The number of fused-ring (bicyclic) bond motifs is 1. The Labute approximate surface area is 98.0 Å². The third-order valence-electron chi connectivity index (χ3n) is 2.58. The van der Waals surface area contributed by atoms with Crippen LogP contribution in [0, 0.1) is 0 Å². The number of nitrogens with two attached hydrogens (primary N) is 1. The first-order valence-corrected chi connectivity index (χ1v) is 5.38. The molecule has 1 aromatic carbocycles. The predicted molar refractivity (Wildman–Crippen MR) is 59.8 cm³/mol. The van der Waals surface area contributed by atoms with Gasteiger partial charge in [0.15, 0.2) is 0 Å². The topological polar surface area (TPSA) is 72.6 Å². The van der Waals surface area contributed by atoms with Crippen molar-refractivity contribution in [1.82, 2.24) is 0 Å². The van der Waals surface area contributed by atoms with Crippen LogP contribution in [-0.4, -0.2) is 17.7 Å². The van der Waals surface area contributed by atoms with Crippen LogP contribution in [0.25, 0.3) is 0 Å². The fourth-order valence-corrected chi connectivity index (χ4v) is 2.11. The van der Waals surface area contributed by atoms with Crippen LogP contribution in [0.1, 0.15) is 23.6 Å². The molecule has 0 saturated heterocycles. The molecule has 0 fully saturated rings. The molecule has 2 rings (SSSR count). The van der Waals surface area contributed by atoms with Crippen LogP contribution in [0.3, 0.4) is 0 Å². The average molecular weight is 242 g/mol. The van der Waals surface area contributed by atoms with E-state index in [4.69, 9.17) is 27.2 Å². The number of carbonyl (C=O) groups is 1. The second-order valence-corrected chi connectivity index (χ2v) is 4.20. The summed E-state index contributed by atoms with van der Waals surface area (Å²) in [6, 6.07) is 3.03. The Morgan fingerprint density at radius 1 is 1.62 bits per heavy atom. The Hall–Kier alpha value is -1.26.